The lowest BCUT2D eigenvalue weighted by atomic mass is 10.2. The summed E-state index contributed by atoms with van der Waals surface area (Å²) >= 11 is 0. The Morgan fingerprint density at radius 3 is 2.65 bits per heavy atom. The van der Waals surface area contributed by atoms with Crippen molar-refractivity contribution in [1.29, 1.82) is 0 Å². The Balaban J connectivity index is 1.93. The van der Waals surface area contributed by atoms with E-state index in [1.165, 1.54) is 7.05 Å². The Hall–Kier alpha value is -2.90. The Labute approximate surface area is 114 Å². The summed E-state index contributed by atoms with van der Waals surface area (Å²) in [6.45, 7) is 0.107. The number of anilines is 1. The highest BCUT2D eigenvalue weighted by molar-refractivity contribution is 5.86. The maximum Gasteiger partial charge on any atom is 0.414 e. The highest BCUT2D eigenvalue weighted by Gasteiger charge is 2.15. The number of carbonyl (C=O) groups excluding carboxylic acids is 1. The predicted molar refractivity (Wildman–Crippen MR) is 68.2 cm³/mol. The van der Waals surface area contributed by atoms with Gasteiger partial charge in [-0.25, -0.2) is 14.3 Å². The number of aromatic nitrogens is 3. The van der Waals surface area contributed by atoms with Gasteiger partial charge in [-0.3, -0.25) is 5.32 Å². The van der Waals surface area contributed by atoms with E-state index in [0.29, 0.717) is 0 Å². The quantitative estimate of drug-likeness (QED) is 0.870. The molecule has 0 atom stereocenters. The molecule has 0 saturated heterocycles. The second-order valence-electron chi connectivity index (χ2n) is 3.87. The molecule has 20 heavy (non-hydrogen) atoms. The maximum atomic E-state index is 11.6. The van der Waals surface area contributed by atoms with Crippen molar-refractivity contribution in [3.8, 4) is 0 Å². The van der Waals surface area contributed by atoms with Gasteiger partial charge in [-0.05, 0) is 5.56 Å². The number of carbonyl (C=O) groups is 2. The number of aromatic carboxylic acids is 1. The molecule has 0 aliphatic carbocycles. The topological polar surface area (TPSA) is 106 Å². The number of benzene rings is 1. The van der Waals surface area contributed by atoms with Gasteiger partial charge in [0.05, 0.1) is 0 Å². The molecule has 1 amide bonds. The average molecular weight is 276 g/mol. The molecule has 2 N–H and O–H groups in total. The van der Waals surface area contributed by atoms with Crippen LogP contribution in [0.2, 0.25) is 0 Å². The summed E-state index contributed by atoms with van der Waals surface area (Å²) in [4.78, 5) is 25.9. The number of ether oxygens (including phenoxy) is 1. The zero-order valence-corrected chi connectivity index (χ0v) is 10.6. The van der Waals surface area contributed by atoms with E-state index in [1.54, 1.807) is 0 Å². The van der Waals surface area contributed by atoms with Crippen molar-refractivity contribution in [2.24, 2.45) is 7.05 Å². The standard InChI is InChI=1S/C12H12N4O4/c1-16-11(13-9(15-16)10(17)18)14-12(19)20-7-8-5-3-2-4-6-8/h2-6H,7H2,1H3,(H,17,18)(H,13,14,15,19). The molecule has 0 radical (unpaired) electrons. The molecule has 2 aromatic rings. The molecule has 0 unspecified atom stereocenters. The van der Waals surface area contributed by atoms with Gasteiger partial charge in [-0.1, -0.05) is 30.3 Å². The molecule has 104 valence electrons. The number of nitrogens with one attached hydrogen (secondary N) is 1. The van der Waals surface area contributed by atoms with Gasteiger partial charge in [-0.2, -0.15) is 4.98 Å². The molecule has 0 fully saturated rings. The number of hydrogen-bond acceptors (Lipinski definition) is 5. The van der Waals surface area contributed by atoms with Gasteiger partial charge in [0.2, 0.25) is 5.95 Å². The second kappa shape index (κ2) is 5.83. The molecule has 1 heterocycles. The van der Waals surface area contributed by atoms with E-state index in [1.807, 2.05) is 30.3 Å². The third-order valence-corrected chi connectivity index (χ3v) is 2.38. The van der Waals surface area contributed by atoms with Crippen LogP contribution < -0.4 is 5.32 Å². The van der Waals surface area contributed by atoms with Crippen molar-refractivity contribution in [3.05, 3.63) is 41.7 Å². The zero-order valence-electron chi connectivity index (χ0n) is 10.6. The van der Waals surface area contributed by atoms with Gasteiger partial charge in [0.1, 0.15) is 6.61 Å². The van der Waals surface area contributed by atoms with Gasteiger partial charge in [-0.15, -0.1) is 5.10 Å². The van der Waals surface area contributed by atoms with Gasteiger partial charge in [0, 0.05) is 7.05 Å². The minimum atomic E-state index is -1.27. The first-order valence-corrected chi connectivity index (χ1v) is 5.68. The fourth-order valence-corrected chi connectivity index (χ4v) is 1.43. The molecule has 1 aromatic carbocycles. The largest absolute Gasteiger partial charge is 0.475 e. The average Bonchev–Trinajstić information content (AvgIpc) is 2.79. The van der Waals surface area contributed by atoms with Crippen LogP contribution in [-0.2, 0) is 18.4 Å². The molecule has 8 nitrogen and oxygen atoms in total. The highest BCUT2D eigenvalue weighted by atomic mass is 16.5. The van der Waals surface area contributed by atoms with Crippen LogP contribution in [-0.4, -0.2) is 31.9 Å². The van der Waals surface area contributed by atoms with Crippen LogP contribution in [0.1, 0.15) is 16.2 Å². The van der Waals surface area contributed by atoms with Gasteiger partial charge >= 0.3 is 12.1 Å². The molecule has 0 aliphatic heterocycles. The first-order chi connectivity index (χ1) is 9.56. The van der Waals surface area contributed by atoms with Crippen LogP contribution in [0.3, 0.4) is 0 Å². The minimum absolute atomic E-state index is 0.000427. The molecule has 0 aliphatic rings. The lowest BCUT2D eigenvalue weighted by Crippen LogP contribution is -2.16. The van der Waals surface area contributed by atoms with Crippen molar-refractivity contribution in [3.63, 3.8) is 0 Å². The molecule has 1 aromatic heterocycles. The summed E-state index contributed by atoms with van der Waals surface area (Å²) in [5, 5.41) is 14.7. The minimum Gasteiger partial charge on any atom is -0.475 e. The van der Waals surface area contributed by atoms with Crippen molar-refractivity contribution in [2.75, 3.05) is 5.32 Å². The number of amides is 1. The Kier molecular flexibility index (Phi) is 3.94. The highest BCUT2D eigenvalue weighted by Crippen LogP contribution is 2.05. The van der Waals surface area contributed by atoms with Crippen LogP contribution in [0.15, 0.2) is 30.3 Å². The van der Waals surface area contributed by atoms with Crippen LogP contribution in [0.4, 0.5) is 10.7 Å². The Morgan fingerprint density at radius 1 is 1.35 bits per heavy atom. The third kappa shape index (κ3) is 3.31. The summed E-state index contributed by atoms with van der Waals surface area (Å²) in [6, 6.07) is 9.16. The van der Waals surface area contributed by atoms with Crippen molar-refractivity contribution < 1.29 is 19.4 Å². The SMILES string of the molecule is Cn1nc(C(=O)O)nc1NC(=O)OCc1ccccc1. The summed E-state index contributed by atoms with van der Waals surface area (Å²) in [5.41, 5.74) is 0.840. The van der Waals surface area contributed by atoms with Gasteiger partial charge in [0.15, 0.2) is 0 Å². The van der Waals surface area contributed by atoms with E-state index in [4.69, 9.17) is 9.84 Å². The first-order valence-electron chi connectivity index (χ1n) is 5.68. The number of rotatable bonds is 4. The molecule has 2 rings (SSSR count). The summed E-state index contributed by atoms with van der Waals surface area (Å²) in [6.07, 6.45) is -0.735. The van der Waals surface area contributed by atoms with Gasteiger partial charge < -0.3 is 9.84 Å². The monoisotopic (exact) mass is 276 g/mol. The maximum absolute atomic E-state index is 11.6. The molecule has 8 heteroatoms. The van der Waals surface area contributed by atoms with Crippen molar-refractivity contribution in [1.82, 2.24) is 14.8 Å². The van der Waals surface area contributed by atoms with E-state index in [-0.39, 0.29) is 12.6 Å². The Morgan fingerprint density at radius 2 is 2.05 bits per heavy atom. The zero-order chi connectivity index (χ0) is 14.5. The summed E-state index contributed by atoms with van der Waals surface area (Å²) < 4.78 is 6.12. The summed E-state index contributed by atoms with van der Waals surface area (Å²) in [5.74, 6) is -1.67. The normalized spacial score (nSPS) is 10.1. The molecule has 0 bridgehead atoms. The smallest absolute Gasteiger partial charge is 0.414 e. The number of carboxylic acid groups (broad SMARTS) is 1. The second-order valence-corrected chi connectivity index (χ2v) is 3.87. The molecular weight excluding hydrogens is 264 g/mol. The van der Waals surface area contributed by atoms with Crippen molar-refractivity contribution in [2.45, 2.75) is 6.61 Å². The van der Waals surface area contributed by atoms with Gasteiger partial charge in [0.25, 0.3) is 5.82 Å². The lowest BCUT2D eigenvalue weighted by molar-refractivity contribution is 0.0683. The molecule has 0 spiro atoms. The number of nitrogens with zero attached hydrogens (tertiary/aromatic N) is 3. The Bertz CT molecular complexity index is 624. The van der Waals surface area contributed by atoms with E-state index in [9.17, 15) is 9.59 Å². The molecular formula is C12H12N4O4. The molecule has 0 saturated carbocycles. The fourth-order valence-electron chi connectivity index (χ4n) is 1.43. The van der Waals surface area contributed by atoms with Crippen LogP contribution >= 0.6 is 0 Å². The summed E-state index contributed by atoms with van der Waals surface area (Å²) in [7, 11) is 1.46. The van der Waals surface area contributed by atoms with Crippen LogP contribution in [0, 0.1) is 0 Å². The van der Waals surface area contributed by atoms with E-state index >= 15 is 0 Å². The van der Waals surface area contributed by atoms with Crippen molar-refractivity contribution >= 4 is 18.0 Å². The van der Waals surface area contributed by atoms with E-state index in [2.05, 4.69) is 15.4 Å². The van der Waals surface area contributed by atoms with E-state index < -0.39 is 17.9 Å². The van der Waals surface area contributed by atoms with Crippen LogP contribution in [0.25, 0.3) is 0 Å². The van der Waals surface area contributed by atoms with Crippen LogP contribution in [0.5, 0.6) is 0 Å². The lowest BCUT2D eigenvalue weighted by Gasteiger charge is -2.05. The first kappa shape index (κ1) is 13.5. The fraction of sp³-hybridized carbons (Fsp3) is 0.167. The number of carboxylic acids is 1. The number of aryl methyl sites for hydroxylation is 1. The van der Waals surface area contributed by atoms with E-state index in [0.717, 1.165) is 10.2 Å². The third-order valence-electron chi connectivity index (χ3n) is 2.38. The predicted octanol–water partition coefficient (Wildman–Crippen LogP) is 1.26. The number of hydrogen-bond donors (Lipinski definition) is 2.